The zero-order valence-corrected chi connectivity index (χ0v) is 12.8. The van der Waals surface area contributed by atoms with Gasteiger partial charge < -0.3 is 4.90 Å². The molecule has 1 saturated heterocycles. The number of hydrogen-bond acceptors (Lipinski definition) is 2. The van der Waals surface area contributed by atoms with Crippen molar-refractivity contribution in [3.63, 3.8) is 0 Å². The molecule has 3 nitrogen and oxygen atoms in total. The van der Waals surface area contributed by atoms with Gasteiger partial charge in [0.1, 0.15) is 0 Å². The minimum absolute atomic E-state index is 0.108. The molecule has 0 bridgehead atoms. The third-order valence-corrected chi connectivity index (χ3v) is 4.33. The average Bonchev–Trinajstić information content (AvgIpc) is 2.61. The first-order valence-corrected chi connectivity index (χ1v) is 8.07. The van der Waals surface area contributed by atoms with Crippen LogP contribution in [0.5, 0.6) is 0 Å². The number of hydrogen-bond donors (Lipinski definition) is 0. The van der Waals surface area contributed by atoms with Crippen molar-refractivity contribution in [1.82, 2.24) is 9.88 Å². The van der Waals surface area contributed by atoms with E-state index in [4.69, 9.17) is 0 Å². The first-order chi connectivity index (χ1) is 10.8. The second-order valence-electron chi connectivity index (χ2n) is 5.91. The summed E-state index contributed by atoms with van der Waals surface area (Å²) in [6.07, 6.45) is 7.84. The van der Waals surface area contributed by atoms with Gasteiger partial charge >= 0.3 is 0 Å². The molecular formula is C19H22N2O. The largest absolute Gasteiger partial charge is 0.342 e. The Labute approximate surface area is 132 Å². The van der Waals surface area contributed by atoms with E-state index in [0.29, 0.717) is 6.42 Å². The van der Waals surface area contributed by atoms with Crippen LogP contribution < -0.4 is 0 Å². The minimum atomic E-state index is -0.108. The molecule has 1 aliphatic rings. The summed E-state index contributed by atoms with van der Waals surface area (Å²) < 4.78 is 0. The molecule has 2 heterocycles. The van der Waals surface area contributed by atoms with Gasteiger partial charge in [-0.1, -0.05) is 36.4 Å². The van der Waals surface area contributed by atoms with Crippen LogP contribution in [0.15, 0.2) is 54.9 Å². The van der Waals surface area contributed by atoms with E-state index in [1.54, 1.807) is 6.20 Å². The highest BCUT2D eigenvalue weighted by Crippen LogP contribution is 2.25. The molecule has 1 unspecified atom stereocenters. The van der Waals surface area contributed by atoms with Gasteiger partial charge in [-0.2, -0.15) is 0 Å². The van der Waals surface area contributed by atoms with Crippen molar-refractivity contribution in [2.45, 2.75) is 31.6 Å². The van der Waals surface area contributed by atoms with Gasteiger partial charge in [-0.15, -0.1) is 0 Å². The fraction of sp³-hybridized carbons (Fsp3) is 0.368. The molecule has 0 saturated carbocycles. The Balaban J connectivity index is 1.84. The molecule has 22 heavy (non-hydrogen) atoms. The lowest BCUT2D eigenvalue weighted by Crippen LogP contribution is -2.39. The third kappa shape index (κ3) is 3.53. The van der Waals surface area contributed by atoms with Crippen LogP contribution in [-0.2, 0) is 11.2 Å². The summed E-state index contributed by atoms with van der Waals surface area (Å²) in [4.78, 5) is 19.2. The van der Waals surface area contributed by atoms with Crippen molar-refractivity contribution in [2.24, 2.45) is 0 Å². The predicted molar refractivity (Wildman–Crippen MR) is 87.6 cm³/mol. The monoisotopic (exact) mass is 294 g/mol. The Hall–Kier alpha value is -2.16. The number of pyridine rings is 1. The molecule has 1 aromatic heterocycles. The molecule has 114 valence electrons. The summed E-state index contributed by atoms with van der Waals surface area (Å²) in [6.45, 7) is 1.80. The lowest BCUT2D eigenvalue weighted by molar-refractivity contribution is -0.133. The van der Waals surface area contributed by atoms with E-state index in [0.717, 1.165) is 37.1 Å². The SMILES string of the molecule is O=C(C(Cc1cccnc1)c1ccccc1)N1CCCCC1. The molecule has 0 aliphatic carbocycles. The quantitative estimate of drug-likeness (QED) is 0.865. The van der Waals surface area contributed by atoms with Gasteiger partial charge in [-0.3, -0.25) is 9.78 Å². The second kappa shape index (κ2) is 7.21. The normalized spacial score (nSPS) is 16.3. The van der Waals surface area contributed by atoms with Crippen molar-refractivity contribution in [2.75, 3.05) is 13.1 Å². The van der Waals surface area contributed by atoms with Crippen LogP contribution >= 0.6 is 0 Å². The highest BCUT2D eigenvalue weighted by atomic mass is 16.2. The molecule has 3 heteroatoms. The molecule has 2 aromatic rings. The summed E-state index contributed by atoms with van der Waals surface area (Å²) in [6, 6.07) is 14.1. The maximum atomic E-state index is 13.0. The predicted octanol–water partition coefficient (Wildman–Crippen LogP) is 3.42. The molecule has 0 radical (unpaired) electrons. The fourth-order valence-corrected chi connectivity index (χ4v) is 3.12. The standard InChI is InChI=1S/C19H22N2O/c22-19(21-12-5-2-6-13-21)18(17-9-3-1-4-10-17)14-16-8-7-11-20-15-16/h1,3-4,7-11,15,18H,2,5-6,12-14H2. The van der Waals surface area contributed by atoms with E-state index in [1.807, 2.05) is 41.4 Å². The maximum absolute atomic E-state index is 13.0. The van der Waals surface area contributed by atoms with Gasteiger partial charge in [-0.05, 0) is 42.9 Å². The van der Waals surface area contributed by atoms with Crippen LogP contribution in [0.3, 0.4) is 0 Å². The Morgan fingerprint density at radius 1 is 1.05 bits per heavy atom. The van der Waals surface area contributed by atoms with E-state index in [9.17, 15) is 4.79 Å². The number of carbonyl (C=O) groups excluding carboxylic acids is 1. The third-order valence-electron chi connectivity index (χ3n) is 4.33. The average molecular weight is 294 g/mol. The van der Waals surface area contributed by atoms with Crippen LogP contribution in [0.1, 0.15) is 36.3 Å². The minimum Gasteiger partial charge on any atom is -0.342 e. The van der Waals surface area contributed by atoms with Gasteiger partial charge in [0.2, 0.25) is 5.91 Å². The van der Waals surface area contributed by atoms with Crippen LogP contribution in [-0.4, -0.2) is 28.9 Å². The van der Waals surface area contributed by atoms with Crippen molar-refractivity contribution < 1.29 is 4.79 Å². The number of carbonyl (C=O) groups is 1. The van der Waals surface area contributed by atoms with E-state index in [2.05, 4.69) is 17.1 Å². The zero-order chi connectivity index (χ0) is 15.2. The molecule has 0 spiro atoms. The number of likely N-dealkylation sites (tertiary alicyclic amines) is 1. The van der Waals surface area contributed by atoms with E-state index in [-0.39, 0.29) is 11.8 Å². The molecule has 1 aliphatic heterocycles. The van der Waals surface area contributed by atoms with Crippen LogP contribution in [0, 0.1) is 0 Å². The lowest BCUT2D eigenvalue weighted by atomic mass is 9.90. The molecular weight excluding hydrogens is 272 g/mol. The number of aromatic nitrogens is 1. The van der Waals surface area contributed by atoms with Gasteiger partial charge in [0.15, 0.2) is 0 Å². The Morgan fingerprint density at radius 3 is 2.50 bits per heavy atom. The van der Waals surface area contributed by atoms with Gasteiger partial charge in [0.05, 0.1) is 5.92 Å². The van der Waals surface area contributed by atoms with Crippen molar-refractivity contribution in [3.05, 3.63) is 66.0 Å². The molecule has 1 aromatic carbocycles. The summed E-state index contributed by atoms with van der Waals surface area (Å²) in [7, 11) is 0. The summed E-state index contributed by atoms with van der Waals surface area (Å²) in [5, 5.41) is 0. The Bertz CT molecular complexity index is 591. The maximum Gasteiger partial charge on any atom is 0.230 e. The number of piperidine rings is 1. The number of amides is 1. The Kier molecular flexibility index (Phi) is 4.84. The molecule has 1 atom stereocenters. The van der Waals surface area contributed by atoms with Crippen LogP contribution in [0.2, 0.25) is 0 Å². The molecule has 3 rings (SSSR count). The topological polar surface area (TPSA) is 33.2 Å². The smallest absolute Gasteiger partial charge is 0.230 e. The van der Waals surface area contributed by atoms with Crippen molar-refractivity contribution in [3.8, 4) is 0 Å². The summed E-state index contributed by atoms with van der Waals surface area (Å²) in [5.74, 6) is 0.151. The molecule has 1 fully saturated rings. The second-order valence-corrected chi connectivity index (χ2v) is 5.91. The van der Waals surface area contributed by atoms with E-state index in [1.165, 1.54) is 6.42 Å². The summed E-state index contributed by atoms with van der Waals surface area (Å²) in [5.41, 5.74) is 2.21. The Morgan fingerprint density at radius 2 is 1.82 bits per heavy atom. The number of nitrogens with zero attached hydrogens (tertiary/aromatic N) is 2. The lowest BCUT2D eigenvalue weighted by Gasteiger charge is -2.30. The first kappa shape index (κ1) is 14.8. The van der Waals surface area contributed by atoms with Gasteiger partial charge in [0, 0.05) is 25.5 Å². The van der Waals surface area contributed by atoms with Crippen LogP contribution in [0.4, 0.5) is 0 Å². The molecule has 0 N–H and O–H groups in total. The van der Waals surface area contributed by atoms with E-state index >= 15 is 0 Å². The zero-order valence-electron chi connectivity index (χ0n) is 12.8. The van der Waals surface area contributed by atoms with Crippen molar-refractivity contribution in [1.29, 1.82) is 0 Å². The van der Waals surface area contributed by atoms with Gasteiger partial charge in [0.25, 0.3) is 0 Å². The van der Waals surface area contributed by atoms with Crippen molar-refractivity contribution >= 4 is 5.91 Å². The fourth-order valence-electron chi connectivity index (χ4n) is 3.12. The highest BCUT2D eigenvalue weighted by Gasteiger charge is 2.27. The summed E-state index contributed by atoms with van der Waals surface area (Å²) >= 11 is 0. The van der Waals surface area contributed by atoms with Gasteiger partial charge in [-0.25, -0.2) is 0 Å². The highest BCUT2D eigenvalue weighted by molar-refractivity contribution is 5.84. The number of rotatable bonds is 4. The van der Waals surface area contributed by atoms with Crippen LogP contribution in [0.25, 0.3) is 0 Å². The van der Waals surface area contributed by atoms with E-state index < -0.39 is 0 Å². The molecule has 1 amide bonds. The first-order valence-electron chi connectivity index (χ1n) is 8.07. The number of benzene rings is 1.